The molecule has 0 aliphatic carbocycles. The maximum absolute atomic E-state index is 12.7. The molecule has 0 aliphatic rings. The highest BCUT2D eigenvalue weighted by Gasteiger charge is 2.21. The highest BCUT2D eigenvalue weighted by Crippen LogP contribution is 2.28. The van der Waals surface area contributed by atoms with Crippen LogP contribution in [-0.2, 0) is 4.79 Å². The Morgan fingerprint density at radius 1 is 1.04 bits per heavy atom. The van der Waals surface area contributed by atoms with Crippen molar-refractivity contribution in [1.29, 1.82) is 0 Å². The molecule has 1 atom stereocenters. The summed E-state index contributed by atoms with van der Waals surface area (Å²) < 4.78 is 2.00. The predicted molar refractivity (Wildman–Crippen MR) is 111 cm³/mol. The zero-order chi connectivity index (χ0) is 19.6. The van der Waals surface area contributed by atoms with Crippen LogP contribution in [0.3, 0.4) is 0 Å². The van der Waals surface area contributed by atoms with Crippen molar-refractivity contribution in [3.05, 3.63) is 65.0 Å². The molecule has 1 unspecified atom stereocenters. The van der Waals surface area contributed by atoms with Gasteiger partial charge in [-0.3, -0.25) is 9.36 Å². The van der Waals surface area contributed by atoms with E-state index in [2.05, 4.69) is 28.5 Å². The molecule has 1 amide bonds. The Hall–Kier alpha value is -2.60. The van der Waals surface area contributed by atoms with Crippen molar-refractivity contribution in [2.45, 2.75) is 45.0 Å². The number of nitrogens with zero attached hydrogens (tertiary/aromatic N) is 3. The number of benzene rings is 2. The van der Waals surface area contributed by atoms with Crippen LogP contribution in [0.2, 0.25) is 0 Å². The van der Waals surface area contributed by atoms with E-state index in [-0.39, 0.29) is 11.2 Å². The quantitative estimate of drug-likeness (QED) is 0.656. The average molecular weight is 381 g/mol. The number of carbonyl (C=O) groups is 1. The molecule has 1 N–H and O–H groups in total. The Labute approximate surface area is 164 Å². The summed E-state index contributed by atoms with van der Waals surface area (Å²) >= 11 is 1.41. The van der Waals surface area contributed by atoms with Gasteiger partial charge in [0.15, 0.2) is 5.16 Å². The smallest absolute Gasteiger partial charge is 0.237 e. The first kappa shape index (κ1) is 19.2. The predicted octanol–water partition coefficient (Wildman–Crippen LogP) is 4.62. The Kier molecular flexibility index (Phi) is 5.65. The molecule has 6 heteroatoms. The maximum Gasteiger partial charge on any atom is 0.237 e. The molecule has 0 fully saturated rings. The third-order valence-electron chi connectivity index (χ3n) is 4.45. The van der Waals surface area contributed by atoms with E-state index in [1.807, 2.05) is 68.7 Å². The molecule has 0 spiro atoms. The molecule has 3 rings (SSSR count). The number of aromatic nitrogens is 3. The zero-order valence-electron chi connectivity index (χ0n) is 16.3. The van der Waals surface area contributed by atoms with E-state index in [1.54, 1.807) is 0 Å². The highest BCUT2D eigenvalue weighted by molar-refractivity contribution is 8.00. The van der Waals surface area contributed by atoms with E-state index < -0.39 is 0 Å². The number of aryl methyl sites for hydroxylation is 4. The number of nitrogens with one attached hydrogen (secondary N) is 1. The fourth-order valence-corrected chi connectivity index (χ4v) is 3.73. The molecule has 1 aromatic heterocycles. The summed E-state index contributed by atoms with van der Waals surface area (Å²) in [6.45, 7) is 9.87. The van der Waals surface area contributed by atoms with Gasteiger partial charge >= 0.3 is 0 Å². The minimum Gasteiger partial charge on any atom is -0.325 e. The normalized spacial score (nSPS) is 12.0. The van der Waals surface area contributed by atoms with Crippen LogP contribution >= 0.6 is 11.8 Å². The van der Waals surface area contributed by atoms with Gasteiger partial charge in [-0.05, 0) is 63.4 Å². The summed E-state index contributed by atoms with van der Waals surface area (Å²) in [6.07, 6.45) is 0. The molecule has 2 aromatic carbocycles. The number of amides is 1. The zero-order valence-corrected chi connectivity index (χ0v) is 17.1. The van der Waals surface area contributed by atoms with E-state index in [1.165, 1.54) is 11.8 Å². The molecule has 0 radical (unpaired) electrons. The van der Waals surface area contributed by atoms with Crippen molar-refractivity contribution >= 4 is 23.4 Å². The standard InChI is InChI=1S/C21H24N4OS/c1-13-10-11-14(2)18(12-13)22-20(26)16(4)27-21-24-23-17(5)25(21)19-9-7-6-8-15(19)3/h6-12,16H,1-5H3,(H,22,26). The molecular weight excluding hydrogens is 356 g/mol. The van der Waals surface area contributed by atoms with E-state index in [0.717, 1.165) is 33.9 Å². The number of anilines is 1. The van der Waals surface area contributed by atoms with Crippen molar-refractivity contribution in [1.82, 2.24) is 14.8 Å². The summed E-state index contributed by atoms with van der Waals surface area (Å²) in [5, 5.41) is 11.9. The Balaban J connectivity index is 1.81. The van der Waals surface area contributed by atoms with Crippen molar-refractivity contribution in [3.8, 4) is 5.69 Å². The van der Waals surface area contributed by atoms with Gasteiger partial charge in [-0.2, -0.15) is 0 Å². The fourth-order valence-electron chi connectivity index (χ4n) is 2.83. The van der Waals surface area contributed by atoms with Crippen LogP contribution in [0.5, 0.6) is 0 Å². The van der Waals surface area contributed by atoms with Crippen LogP contribution in [0.15, 0.2) is 47.6 Å². The minimum absolute atomic E-state index is 0.0503. The molecule has 0 bridgehead atoms. The van der Waals surface area contributed by atoms with Gasteiger partial charge in [0.05, 0.1) is 10.9 Å². The molecule has 0 saturated heterocycles. The van der Waals surface area contributed by atoms with Gasteiger partial charge in [0.2, 0.25) is 5.91 Å². The summed E-state index contributed by atoms with van der Waals surface area (Å²) in [5.74, 6) is 0.750. The number of thioether (sulfide) groups is 1. The third kappa shape index (κ3) is 4.22. The van der Waals surface area contributed by atoms with Gasteiger partial charge in [-0.1, -0.05) is 42.1 Å². The number of rotatable bonds is 5. The molecule has 0 saturated carbocycles. The molecule has 5 nitrogen and oxygen atoms in total. The SMILES string of the molecule is Cc1ccc(C)c(NC(=O)C(C)Sc2nnc(C)n2-c2ccccc2C)c1. The van der Waals surface area contributed by atoms with Crippen molar-refractivity contribution in [2.24, 2.45) is 0 Å². The second kappa shape index (κ2) is 7.96. The second-order valence-corrected chi connectivity index (χ2v) is 8.03. The lowest BCUT2D eigenvalue weighted by Crippen LogP contribution is -2.23. The first-order valence-electron chi connectivity index (χ1n) is 8.89. The van der Waals surface area contributed by atoms with Crippen LogP contribution in [0.1, 0.15) is 29.4 Å². The molecule has 1 heterocycles. The van der Waals surface area contributed by atoms with E-state index in [4.69, 9.17) is 0 Å². The Morgan fingerprint density at radius 3 is 2.52 bits per heavy atom. The highest BCUT2D eigenvalue weighted by atomic mass is 32.2. The average Bonchev–Trinajstić information content (AvgIpc) is 2.98. The fraction of sp³-hybridized carbons (Fsp3) is 0.286. The lowest BCUT2D eigenvalue weighted by atomic mass is 10.1. The van der Waals surface area contributed by atoms with E-state index in [9.17, 15) is 4.79 Å². The van der Waals surface area contributed by atoms with Gasteiger partial charge in [0.1, 0.15) is 5.82 Å². The van der Waals surface area contributed by atoms with Crippen molar-refractivity contribution in [2.75, 3.05) is 5.32 Å². The van der Waals surface area contributed by atoms with Gasteiger partial charge in [0.25, 0.3) is 0 Å². The molecule has 0 aliphatic heterocycles. The van der Waals surface area contributed by atoms with Crippen LogP contribution in [0.4, 0.5) is 5.69 Å². The summed E-state index contributed by atoms with van der Waals surface area (Å²) in [4.78, 5) is 12.7. The topological polar surface area (TPSA) is 59.8 Å². The van der Waals surface area contributed by atoms with Crippen LogP contribution in [-0.4, -0.2) is 25.9 Å². The van der Waals surface area contributed by atoms with Gasteiger partial charge < -0.3 is 5.32 Å². The van der Waals surface area contributed by atoms with E-state index >= 15 is 0 Å². The lowest BCUT2D eigenvalue weighted by molar-refractivity contribution is -0.115. The van der Waals surface area contributed by atoms with Gasteiger partial charge in [-0.15, -0.1) is 10.2 Å². The van der Waals surface area contributed by atoms with Gasteiger partial charge in [-0.25, -0.2) is 0 Å². The molecule has 140 valence electrons. The Morgan fingerprint density at radius 2 is 1.78 bits per heavy atom. The van der Waals surface area contributed by atoms with E-state index in [0.29, 0.717) is 5.16 Å². The molecule has 27 heavy (non-hydrogen) atoms. The van der Waals surface area contributed by atoms with Crippen molar-refractivity contribution in [3.63, 3.8) is 0 Å². The minimum atomic E-state index is -0.309. The van der Waals surface area contributed by atoms with Crippen molar-refractivity contribution < 1.29 is 4.79 Å². The Bertz CT molecular complexity index is 980. The molecular formula is C21H24N4OS. The van der Waals surface area contributed by atoms with Crippen LogP contribution in [0, 0.1) is 27.7 Å². The summed E-state index contributed by atoms with van der Waals surface area (Å²) in [5.41, 5.74) is 5.18. The maximum atomic E-state index is 12.7. The monoisotopic (exact) mass is 380 g/mol. The number of hydrogen-bond acceptors (Lipinski definition) is 4. The second-order valence-electron chi connectivity index (χ2n) is 6.72. The summed E-state index contributed by atoms with van der Waals surface area (Å²) in [7, 11) is 0. The largest absolute Gasteiger partial charge is 0.325 e. The number of para-hydroxylation sites is 1. The van der Waals surface area contributed by atoms with Crippen LogP contribution < -0.4 is 5.32 Å². The number of hydrogen-bond donors (Lipinski definition) is 1. The lowest BCUT2D eigenvalue weighted by Gasteiger charge is -2.15. The first-order chi connectivity index (χ1) is 12.9. The first-order valence-corrected chi connectivity index (χ1v) is 9.77. The molecule has 3 aromatic rings. The summed E-state index contributed by atoms with van der Waals surface area (Å²) in [6, 6.07) is 14.1. The third-order valence-corrected chi connectivity index (χ3v) is 5.50. The number of carbonyl (C=O) groups excluding carboxylic acids is 1. The van der Waals surface area contributed by atoms with Crippen LogP contribution in [0.25, 0.3) is 5.69 Å². The van der Waals surface area contributed by atoms with Gasteiger partial charge in [0, 0.05) is 5.69 Å².